The van der Waals surface area contributed by atoms with E-state index in [4.69, 9.17) is 10.4 Å². The number of hydrogen-bond acceptors (Lipinski definition) is 9. The second-order valence-electron chi connectivity index (χ2n) is 6.00. The molecule has 142 valence electrons. The van der Waals surface area contributed by atoms with Gasteiger partial charge in [0.2, 0.25) is 5.95 Å². The van der Waals surface area contributed by atoms with Crippen molar-refractivity contribution < 1.29 is 18.1 Å². The first kappa shape index (κ1) is 18.2. The number of nitrogens with zero attached hydrogens (tertiary/aromatic N) is 3. The highest BCUT2D eigenvalue weighted by atomic mass is 32.2. The molecule has 2 aromatic heterocycles. The van der Waals surface area contributed by atoms with E-state index in [-0.39, 0.29) is 34.6 Å². The van der Waals surface area contributed by atoms with E-state index in [2.05, 4.69) is 25.0 Å². The maximum atomic E-state index is 12.9. The zero-order chi connectivity index (χ0) is 19.7. The topological polar surface area (TPSA) is 152 Å². The second kappa shape index (κ2) is 7.07. The SMILES string of the molecule is Nc1cnc(S(=O)(=O)Nc2ccc3c(c2)B(O)OC3)c(Nc2ncccn2)c1. The molecule has 0 spiro atoms. The zero-order valence-electron chi connectivity index (χ0n) is 14.4. The fraction of sp³-hybridized carbons (Fsp3) is 0.0625. The van der Waals surface area contributed by atoms with Crippen molar-refractivity contribution in [3.05, 3.63) is 54.5 Å². The van der Waals surface area contributed by atoms with E-state index in [1.807, 2.05) is 0 Å². The Morgan fingerprint density at radius 2 is 1.96 bits per heavy atom. The van der Waals surface area contributed by atoms with E-state index in [1.54, 1.807) is 18.2 Å². The van der Waals surface area contributed by atoms with Crippen LogP contribution in [0.2, 0.25) is 0 Å². The summed E-state index contributed by atoms with van der Waals surface area (Å²) in [6, 6.07) is 7.86. The van der Waals surface area contributed by atoms with E-state index in [0.717, 1.165) is 5.56 Å². The molecule has 0 fully saturated rings. The highest BCUT2D eigenvalue weighted by Crippen LogP contribution is 2.26. The quantitative estimate of drug-likeness (QED) is 0.442. The first-order chi connectivity index (χ1) is 13.4. The van der Waals surface area contributed by atoms with Gasteiger partial charge in [-0.1, -0.05) is 6.07 Å². The van der Waals surface area contributed by atoms with Crippen LogP contribution in [0.25, 0.3) is 0 Å². The van der Waals surface area contributed by atoms with Crippen molar-refractivity contribution in [2.24, 2.45) is 0 Å². The Morgan fingerprint density at radius 3 is 2.75 bits per heavy atom. The first-order valence-corrected chi connectivity index (χ1v) is 9.65. The van der Waals surface area contributed by atoms with E-state index >= 15 is 0 Å². The van der Waals surface area contributed by atoms with Gasteiger partial charge in [0.05, 0.1) is 24.2 Å². The highest BCUT2D eigenvalue weighted by molar-refractivity contribution is 7.92. The van der Waals surface area contributed by atoms with Crippen LogP contribution in [0.3, 0.4) is 0 Å². The largest absolute Gasteiger partial charge is 0.491 e. The summed E-state index contributed by atoms with van der Waals surface area (Å²) < 4.78 is 33.4. The Balaban J connectivity index is 1.67. The molecule has 3 heterocycles. The number of nitrogens with two attached hydrogens (primary N) is 1. The van der Waals surface area contributed by atoms with Gasteiger partial charge in [-0.2, -0.15) is 8.42 Å². The molecular formula is C16H15BN6O4S. The molecule has 0 atom stereocenters. The average molecular weight is 398 g/mol. The van der Waals surface area contributed by atoms with Crippen LogP contribution in [0.5, 0.6) is 0 Å². The minimum atomic E-state index is -4.07. The lowest BCUT2D eigenvalue weighted by molar-refractivity contribution is 0.275. The van der Waals surface area contributed by atoms with Crippen molar-refractivity contribution in [3.63, 3.8) is 0 Å². The molecule has 0 aliphatic carbocycles. The molecule has 4 rings (SSSR count). The Labute approximate surface area is 161 Å². The Bertz CT molecular complexity index is 1130. The standard InChI is InChI=1S/C16H15BN6O4S/c18-11-6-14(22-16-19-4-1-5-20-16)15(21-8-11)28(25,26)23-12-3-2-10-9-27-17(24)13(10)7-12/h1-8,23-24H,9,18H2,(H,19,20,22). The molecule has 3 aromatic rings. The predicted octanol–water partition coefficient (Wildman–Crippen LogP) is 0.216. The van der Waals surface area contributed by atoms with Crippen LogP contribution in [0.1, 0.15) is 5.56 Å². The summed E-state index contributed by atoms with van der Waals surface area (Å²) in [5, 5.41) is 12.3. The molecule has 0 radical (unpaired) electrons. The molecule has 0 amide bonds. The number of nitrogen functional groups attached to an aromatic ring is 1. The van der Waals surface area contributed by atoms with Gasteiger partial charge in [-0.25, -0.2) is 15.0 Å². The molecule has 28 heavy (non-hydrogen) atoms. The molecule has 0 saturated heterocycles. The second-order valence-corrected chi connectivity index (χ2v) is 7.60. The Kier molecular flexibility index (Phi) is 4.59. The van der Waals surface area contributed by atoms with Gasteiger partial charge in [-0.05, 0) is 35.3 Å². The molecule has 1 aliphatic rings. The summed E-state index contributed by atoms with van der Waals surface area (Å²) in [5.41, 5.74) is 7.73. The van der Waals surface area contributed by atoms with Gasteiger partial charge in [0.25, 0.3) is 10.0 Å². The lowest BCUT2D eigenvalue weighted by atomic mass is 9.79. The monoisotopic (exact) mass is 398 g/mol. The highest BCUT2D eigenvalue weighted by Gasteiger charge is 2.28. The zero-order valence-corrected chi connectivity index (χ0v) is 15.2. The number of anilines is 4. The summed E-state index contributed by atoms with van der Waals surface area (Å²) >= 11 is 0. The summed E-state index contributed by atoms with van der Waals surface area (Å²) in [5.74, 6) is 0.198. The van der Waals surface area contributed by atoms with Crippen LogP contribution in [-0.4, -0.2) is 35.5 Å². The number of hydrogen-bond donors (Lipinski definition) is 4. The summed E-state index contributed by atoms with van der Waals surface area (Å²) in [4.78, 5) is 12.0. The molecule has 12 heteroatoms. The van der Waals surface area contributed by atoms with Crippen LogP contribution in [0.15, 0.2) is 53.9 Å². The van der Waals surface area contributed by atoms with Gasteiger partial charge in [0, 0.05) is 18.1 Å². The number of aromatic nitrogens is 3. The van der Waals surface area contributed by atoms with Crippen molar-refractivity contribution >= 4 is 45.6 Å². The summed E-state index contributed by atoms with van der Waals surface area (Å²) in [7, 11) is -5.15. The van der Waals surface area contributed by atoms with Crippen LogP contribution in [-0.2, 0) is 21.3 Å². The number of pyridine rings is 1. The molecule has 0 saturated carbocycles. The average Bonchev–Trinajstić information content (AvgIpc) is 3.03. The van der Waals surface area contributed by atoms with Crippen LogP contribution < -0.4 is 21.2 Å². The fourth-order valence-electron chi connectivity index (χ4n) is 2.74. The number of nitrogens with one attached hydrogen (secondary N) is 2. The molecular weight excluding hydrogens is 383 g/mol. The van der Waals surface area contributed by atoms with Crippen molar-refractivity contribution in [1.29, 1.82) is 0 Å². The van der Waals surface area contributed by atoms with Gasteiger partial charge in [0.1, 0.15) is 0 Å². The molecule has 1 aromatic carbocycles. The van der Waals surface area contributed by atoms with Crippen LogP contribution >= 0.6 is 0 Å². The minimum absolute atomic E-state index is 0.128. The van der Waals surface area contributed by atoms with Gasteiger partial charge in [0.15, 0.2) is 5.03 Å². The summed E-state index contributed by atoms with van der Waals surface area (Å²) in [6.07, 6.45) is 4.27. The fourth-order valence-corrected chi connectivity index (χ4v) is 3.86. The van der Waals surface area contributed by atoms with Gasteiger partial charge in [-0.15, -0.1) is 0 Å². The van der Waals surface area contributed by atoms with Crippen LogP contribution in [0, 0.1) is 0 Å². The Morgan fingerprint density at radius 1 is 1.18 bits per heavy atom. The van der Waals surface area contributed by atoms with Crippen molar-refractivity contribution in [2.45, 2.75) is 11.6 Å². The van der Waals surface area contributed by atoms with E-state index < -0.39 is 17.1 Å². The molecule has 10 nitrogen and oxygen atoms in total. The third kappa shape index (κ3) is 3.60. The van der Waals surface area contributed by atoms with Crippen molar-refractivity contribution in [3.8, 4) is 0 Å². The normalized spacial score (nSPS) is 13.2. The van der Waals surface area contributed by atoms with Gasteiger partial charge in [-0.3, -0.25) is 4.72 Å². The van der Waals surface area contributed by atoms with Crippen molar-refractivity contribution in [1.82, 2.24) is 15.0 Å². The number of sulfonamides is 1. The number of benzene rings is 1. The molecule has 0 bridgehead atoms. The number of rotatable bonds is 5. The van der Waals surface area contributed by atoms with Crippen molar-refractivity contribution in [2.75, 3.05) is 15.8 Å². The van der Waals surface area contributed by atoms with Gasteiger partial charge >= 0.3 is 7.12 Å². The number of fused-ring (bicyclic) bond motifs is 1. The lowest BCUT2D eigenvalue weighted by Gasteiger charge is -2.13. The molecule has 0 unspecified atom stereocenters. The third-order valence-electron chi connectivity index (χ3n) is 4.00. The van der Waals surface area contributed by atoms with Gasteiger partial charge < -0.3 is 20.7 Å². The summed E-state index contributed by atoms with van der Waals surface area (Å²) in [6.45, 7) is 0.272. The maximum Gasteiger partial charge on any atom is 0.491 e. The third-order valence-corrected chi connectivity index (χ3v) is 5.34. The molecule has 5 N–H and O–H groups in total. The minimum Gasteiger partial charge on any atom is -0.423 e. The molecule has 1 aliphatic heterocycles. The Hall–Kier alpha value is -3.22. The van der Waals surface area contributed by atoms with Crippen LogP contribution in [0.4, 0.5) is 23.0 Å². The smallest absolute Gasteiger partial charge is 0.423 e. The van der Waals surface area contributed by atoms with E-state index in [0.29, 0.717) is 5.46 Å². The maximum absolute atomic E-state index is 12.9. The van der Waals surface area contributed by atoms with E-state index in [1.165, 1.54) is 30.7 Å². The first-order valence-electron chi connectivity index (χ1n) is 8.17. The van der Waals surface area contributed by atoms with E-state index in [9.17, 15) is 13.4 Å². The predicted molar refractivity (Wildman–Crippen MR) is 104 cm³/mol. The lowest BCUT2D eigenvalue weighted by Crippen LogP contribution is -2.28.